The van der Waals surface area contributed by atoms with Crippen LogP contribution in [0.3, 0.4) is 0 Å². The second-order valence-corrected chi connectivity index (χ2v) is 1.78. The summed E-state index contributed by atoms with van der Waals surface area (Å²) in [5.74, 6) is 1.61. The predicted octanol–water partition coefficient (Wildman–Crippen LogP) is -0.191. The molecule has 9 heavy (non-hydrogen) atoms. The standard InChI is InChI=1S/C3H2N2O.C2H7N/c1-2-4-3(1)6-5-2;1-3-2/h1H2;3H,1-2H3. The highest BCUT2D eigenvalue weighted by molar-refractivity contribution is 5.04. The molecular weight excluding hydrogens is 118 g/mol. The van der Waals surface area contributed by atoms with E-state index in [4.69, 9.17) is 0 Å². The summed E-state index contributed by atoms with van der Waals surface area (Å²) in [5.41, 5.74) is 0. The number of nitrogens with zero attached hydrogens (tertiary/aromatic N) is 2. The Hall–Kier alpha value is -0.900. The molecule has 0 atom stereocenters. The average Bonchev–Trinajstić information content (AvgIpc) is 2.17. The Bertz CT molecular complexity index is 160. The van der Waals surface area contributed by atoms with Crippen LogP contribution in [-0.2, 0) is 6.42 Å². The van der Waals surface area contributed by atoms with E-state index >= 15 is 0 Å². The maximum absolute atomic E-state index is 4.56. The second-order valence-electron chi connectivity index (χ2n) is 1.78. The molecule has 0 amide bonds. The lowest BCUT2D eigenvalue weighted by molar-refractivity contribution is 0.410. The van der Waals surface area contributed by atoms with Crippen molar-refractivity contribution < 1.29 is 4.52 Å². The third-order valence-corrected chi connectivity index (χ3v) is 0.819. The van der Waals surface area contributed by atoms with Crippen LogP contribution in [0.4, 0.5) is 0 Å². The van der Waals surface area contributed by atoms with E-state index in [9.17, 15) is 0 Å². The fourth-order valence-corrected chi connectivity index (χ4v) is 0.478. The quantitative estimate of drug-likeness (QED) is 0.533. The van der Waals surface area contributed by atoms with E-state index < -0.39 is 0 Å². The van der Waals surface area contributed by atoms with Gasteiger partial charge in [0, 0.05) is 0 Å². The van der Waals surface area contributed by atoms with Gasteiger partial charge in [-0.05, 0) is 14.1 Å². The fraction of sp³-hybridized carbons (Fsp3) is 0.600. The van der Waals surface area contributed by atoms with Gasteiger partial charge in [-0.1, -0.05) is 5.16 Å². The van der Waals surface area contributed by atoms with Crippen LogP contribution in [0, 0.1) is 0 Å². The summed E-state index contributed by atoms with van der Waals surface area (Å²) >= 11 is 0. The molecule has 4 nitrogen and oxygen atoms in total. The van der Waals surface area contributed by atoms with E-state index in [1.54, 1.807) is 0 Å². The Kier molecular flexibility index (Phi) is 1.79. The van der Waals surface area contributed by atoms with Gasteiger partial charge >= 0.3 is 0 Å². The molecule has 0 fully saturated rings. The molecular formula is C5H9N3O. The SMILES string of the molecule is C1c2noc1n2.CNC. The monoisotopic (exact) mass is 127 g/mol. The molecule has 3 rings (SSSR count). The minimum absolute atomic E-state index is 0.769. The Balaban J connectivity index is 0.000000120. The van der Waals surface area contributed by atoms with Gasteiger partial charge in [0.25, 0.3) is 0 Å². The van der Waals surface area contributed by atoms with E-state index in [0.717, 1.165) is 18.1 Å². The molecule has 0 saturated carbocycles. The molecule has 2 aliphatic rings. The number of hydrogen-bond acceptors (Lipinski definition) is 4. The van der Waals surface area contributed by atoms with Crippen molar-refractivity contribution in [3.63, 3.8) is 0 Å². The molecule has 4 heteroatoms. The van der Waals surface area contributed by atoms with Gasteiger partial charge in [-0.3, -0.25) is 0 Å². The highest BCUT2D eigenvalue weighted by Gasteiger charge is 2.17. The maximum Gasteiger partial charge on any atom is 0.234 e. The van der Waals surface area contributed by atoms with Crippen LogP contribution in [0.1, 0.15) is 11.7 Å². The first-order valence-corrected chi connectivity index (χ1v) is 2.76. The van der Waals surface area contributed by atoms with E-state index in [1.807, 2.05) is 14.1 Å². The number of nitrogens with one attached hydrogen (secondary N) is 1. The Morgan fingerprint density at radius 3 is 2.22 bits per heavy atom. The van der Waals surface area contributed by atoms with Crippen molar-refractivity contribution in [2.75, 3.05) is 14.1 Å². The van der Waals surface area contributed by atoms with Gasteiger partial charge in [-0.2, -0.15) is 4.98 Å². The number of rotatable bonds is 0. The van der Waals surface area contributed by atoms with Crippen LogP contribution in [0.5, 0.6) is 0 Å². The molecule has 0 unspecified atom stereocenters. The van der Waals surface area contributed by atoms with Crippen LogP contribution in [0.2, 0.25) is 0 Å². The summed E-state index contributed by atoms with van der Waals surface area (Å²) in [6.07, 6.45) is 0.861. The molecule has 2 aliphatic heterocycles. The average molecular weight is 127 g/mol. The van der Waals surface area contributed by atoms with Crippen molar-refractivity contribution in [1.82, 2.24) is 15.5 Å². The van der Waals surface area contributed by atoms with Gasteiger partial charge in [0.1, 0.15) is 0 Å². The first-order valence-electron chi connectivity index (χ1n) is 2.76. The molecule has 1 N–H and O–H groups in total. The molecule has 0 saturated heterocycles. The second kappa shape index (κ2) is 2.59. The summed E-state index contributed by atoms with van der Waals surface area (Å²) in [7, 11) is 3.75. The normalized spacial score (nSPS) is 11.3. The topological polar surface area (TPSA) is 51.0 Å². The molecule has 0 aromatic carbocycles. The lowest BCUT2D eigenvalue weighted by Crippen LogP contribution is -1.97. The maximum atomic E-state index is 4.56. The zero-order chi connectivity index (χ0) is 6.69. The lowest BCUT2D eigenvalue weighted by atomic mass is 10.3. The van der Waals surface area contributed by atoms with Crippen LogP contribution < -0.4 is 5.32 Å². The highest BCUT2D eigenvalue weighted by atomic mass is 16.5. The lowest BCUT2D eigenvalue weighted by Gasteiger charge is -1.87. The minimum Gasteiger partial charge on any atom is -0.339 e. The predicted molar refractivity (Wildman–Crippen MR) is 32.1 cm³/mol. The third-order valence-electron chi connectivity index (χ3n) is 0.819. The van der Waals surface area contributed by atoms with Crippen molar-refractivity contribution in [3.05, 3.63) is 11.7 Å². The zero-order valence-electron chi connectivity index (χ0n) is 5.51. The van der Waals surface area contributed by atoms with Crippen LogP contribution in [-0.4, -0.2) is 24.2 Å². The smallest absolute Gasteiger partial charge is 0.234 e. The summed E-state index contributed by atoms with van der Waals surface area (Å²) in [6.45, 7) is 0. The third kappa shape index (κ3) is 1.26. The molecule has 0 spiro atoms. The van der Waals surface area contributed by atoms with Crippen molar-refractivity contribution in [1.29, 1.82) is 0 Å². The van der Waals surface area contributed by atoms with Crippen molar-refractivity contribution >= 4 is 0 Å². The number of hydrogen-bond donors (Lipinski definition) is 1. The fourth-order valence-electron chi connectivity index (χ4n) is 0.478. The summed E-state index contributed by atoms with van der Waals surface area (Å²) in [6, 6.07) is 0. The Morgan fingerprint density at radius 2 is 2.11 bits per heavy atom. The van der Waals surface area contributed by atoms with Crippen molar-refractivity contribution in [2.24, 2.45) is 0 Å². The van der Waals surface area contributed by atoms with E-state index in [1.165, 1.54) is 0 Å². The van der Waals surface area contributed by atoms with E-state index in [-0.39, 0.29) is 0 Å². The molecule has 1 aromatic rings. The molecule has 2 bridgehead atoms. The first-order chi connectivity index (χ1) is 4.36. The van der Waals surface area contributed by atoms with Crippen molar-refractivity contribution in [2.45, 2.75) is 6.42 Å². The summed E-state index contributed by atoms with van der Waals surface area (Å²) < 4.78 is 4.56. The van der Waals surface area contributed by atoms with Gasteiger partial charge < -0.3 is 9.84 Å². The Morgan fingerprint density at radius 1 is 1.56 bits per heavy atom. The van der Waals surface area contributed by atoms with Gasteiger partial charge in [0.2, 0.25) is 5.89 Å². The molecule has 0 radical (unpaired) electrons. The van der Waals surface area contributed by atoms with Gasteiger partial charge in [-0.15, -0.1) is 0 Å². The Labute approximate surface area is 53.3 Å². The van der Waals surface area contributed by atoms with Gasteiger partial charge in [-0.25, -0.2) is 0 Å². The molecule has 1 aromatic heterocycles. The molecule has 0 aliphatic carbocycles. The number of aromatic nitrogens is 2. The first kappa shape index (κ1) is 6.22. The molecule has 3 heterocycles. The summed E-state index contributed by atoms with van der Waals surface area (Å²) in [4.78, 5) is 3.78. The van der Waals surface area contributed by atoms with Crippen LogP contribution in [0.25, 0.3) is 0 Å². The van der Waals surface area contributed by atoms with Crippen LogP contribution in [0.15, 0.2) is 4.52 Å². The van der Waals surface area contributed by atoms with E-state index in [0.29, 0.717) is 0 Å². The van der Waals surface area contributed by atoms with Crippen LogP contribution >= 0.6 is 0 Å². The van der Waals surface area contributed by atoms with Gasteiger partial charge in [0.05, 0.1) is 6.42 Å². The number of fused-ring (bicyclic) bond motifs is 1. The van der Waals surface area contributed by atoms with E-state index in [2.05, 4.69) is 20.0 Å². The zero-order valence-corrected chi connectivity index (χ0v) is 5.51. The largest absolute Gasteiger partial charge is 0.339 e. The minimum atomic E-state index is 0.769. The van der Waals surface area contributed by atoms with Crippen molar-refractivity contribution in [3.8, 4) is 0 Å². The summed E-state index contributed by atoms with van der Waals surface area (Å²) in [5, 5.41) is 6.27. The van der Waals surface area contributed by atoms with Gasteiger partial charge in [0.15, 0.2) is 5.82 Å². The highest BCUT2D eigenvalue weighted by Crippen LogP contribution is 2.11. The molecule has 50 valence electrons.